The highest BCUT2D eigenvalue weighted by Gasteiger charge is 2.10. The van der Waals surface area contributed by atoms with Gasteiger partial charge in [0.1, 0.15) is 0 Å². The van der Waals surface area contributed by atoms with Crippen molar-refractivity contribution in [1.29, 1.82) is 0 Å². The van der Waals surface area contributed by atoms with Gasteiger partial charge in [0.25, 0.3) is 0 Å². The summed E-state index contributed by atoms with van der Waals surface area (Å²) in [4.78, 5) is 4.00. The van der Waals surface area contributed by atoms with Gasteiger partial charge in [0.15, 0.2) is 9.84 Å². The second-order valence-corrected chi connectivity index (χ2v) is 5.23. The molecular weight excluding hydrogens is 188 g/mol. The van der Waals surface area contributed by atoms with E-state index in [1.54, 1.807) is 19.4 Å². The number of hydrogen-bond acceptors (Lipinski definition) is 3. The average Bonchev–Trinajstić information content (AvgIpc) is 2.52. The van der Waals surface area contributed by atoms with E-state index >= 15 is 0 Å². The number of sulfone groups is 1. The van der Waals surface area contributed by atoms with Crippen LogP contribution in [0, 0.1) is 0 Å². The van der Waals surface area contributed by atoms with Crippen LogP contribution in [0.2, 0.25) is 0 Å². The molecule has 0 unspecified atom stereocenters. The SMILES string of the molecule is CCn1cnc(CS(=O)(=O)CC)c1. The van der Waals surface area contributed by atoms with Crippen molar-refractivity contribution in [2.24, 2.45) is 0 Å². The van der Waals surface area contributed by atoms with Gasteiger partial charge in [-0.25, -0.2) is 13.4 Å². The number of aromatic nitrogens is 2. The number of nitrogens with zero attached hydrogens (tertiary/aromatic N) is 2. The molecule has 0 saturated heterocycles. The quantitative estimate of drug-likeness (QED) is 0.727. The van der Waals surface area contributed by atoms with Crippen LogP contribution in [0.3, 0.4) is 0 Å². The second-order valence-electron chi connectivity index (χ2n) is 2.87. The van der Waals surface area contributed by atoms with Gasteiger partial charge in [-0.15, -0.1) is 0 Å². The fraction of sp³-hybridized carbons (Fsp3) is 0.625. The summed E-state index contributed by atoms with van der Waals surface area (Å²) < 4.78 is 24.3. The molecule has 5 heteroatoms. The minimum absolute atomic E-state index is 0.0521. The summed E-state index contributed by atoms with van der Waals surface area (Å²) in [5.74, 6) is 0.225. The fourth-order valence-electron chi connectivity index (χ4n) is 0.981. The van der Waals surface area contributed by atoms with Crippen LogP contribution in [0.4, 0.5) is 0 Å². The second kappa shape index (κ2) is 3.91. The van der Waals surface area contributed by atoms with E-state index in [-0.39, 0.29) is 11.5 Å². The third kappa shape index (κ3) is 2.84. The van der Waals surface area contributed by atoms with E-state index in [0.717, 1.165) is 6.54 Å². The molecule has 13 heavy (non-hydrogen) atoms. The number of aryl methyl sites for hydroxylation is 1. The van der Waals surface area contributed by atoms with Crippen molar-refractivity contribution in [3.05, 3.63) is 18.2 Å². The van der Waals surface area contributed by atoms with E-state index in [9.17, 15) is 8.42 Å². The largest absolute Gasteiger partial charge is 0.337 e. The molecule has 74 valence electrons. The Morgan fingerprint density at radius 2 is 2.15 bits per heavy atom. The number of rotatable bonds is 4. The molecule has 0 radical (unpaired) electrons. The van der Waals surface area contributed by atoms with Crippen LogP contribution in [-0.2, 0) is 22.1 Å². The Bertz CT molecular complexity index is 367. The lowest BCUT2D eigenvalue weighted by molar-refractivity contribution is 0.596. The highest BCUT2D eigenvalue weighted by molar-refractivity contribution is 7.90. The molecule has 0 aliphatic carbocycles. The van der Waals surface area contributed by atoms with Crippen LogP contribution >= 0.6 is 0 Å². The fourth-order valence-corrected chi connectivity index (χ4v) is 1.79. The maximum Gasteiger partial charge on any atom is 0.155 e. The lowest BCUT2D eigenvalue weighted by Crippen LogP contribution is -2.06. The Balaban J connectivity index is 2.75. The standard InChI is InChI=1S/C8H14N2O2S/c1-3-10-5-8(9-7-10)6-13(11,12)4-2/h5,7H,3-4,6H2,1-2H3. The molecule has 0 aliphatic heterocycles. The summed E-state index contributed by atoms with van der Waals surface area (Å²) in [7, 11) is -2.94. The van der Waals surface area contributed by atoms with E-state index in [0.29, 0.717) is 5.69 Å². The van der Waals surface area contributed by atoms with Crippen LogP contribution in [0.5, 0.6) is 0 Å². The minimum atomic E-state index is -2.94. The topological polar surface area (TPSA) is 52.0 Å². The molecule has 0 fully saturated rings. The van der Waals surface area contributed by atoms with Crippen LogP contribution in [0.1, 0.15) is 19.5 Å². The van der Waals surface area contributed by atoms with Gasteiger partial charge in [-0.1, -0.05) is 6.92 Å². The third-order valence-corrected chi connectivity index (χ3v) is 3.47. The van der Waals surface area contributed by atoms with Gasteiger partial charge >= 0.3 is 0 Å². The molecule has 4 nitrogen and oxygen atoms in total. The molecule has 1 heterocycles. The molecule has 1 aromatic heterocycles. The van der Waals surface area contributed by atoms with Crippen LogP contribution in [-0.4, -0.2) is 23.7 Å². The van der Waals surface area contributed by atoms with Crippen molar-refractivity contribution in [1.82, 2.24) is 9.55 Å². The van der Waals surface area contributed by atoms with E-state index < -0.39 is 9.84 Å². The molecule has 0 bridgehead atoms. The maximum absolute atomic E-state index is 11.2. The van der Waals surface area contributed by atoms with E-state index in [4.69, 9.17) is 0 Å². The van der Waals surface area contributed by atoms with Gasteiger partial charge in [0, 0.05) is 18.5 Å². The zero-order chi connectivity index (χ0) is 9.90. The molecule has 0 saturated carbocycles. The van der Waals surface area contributed by atoms with Gasteiger partial charge in [0.2, 0.25) is 0 Å². The minimum Gasteiger partial charge on any atom is -0.337 e. The van der Waals surface area contributed by atoms with E-state index in [1.165, 1.54) is 0 Å². The van der Waals surface area contributed by atoms with Crippen LogP contribution in [0.15, 0.2) is 12.5 Å². The van der Waals surface area contributed by atoms with Gasteiger partial charge in [0.05, 0.1) is 17.8 Å². The molecule has 0 atom stereocenters. The smallest absolute Gasteiger partial charge is 0.155 e. The van der Waals surface area contributed by atoms with Crippen molar-refractivity contribution < 1.29 is 8.42 Å². The van der Waals surface area contributed by atoms with Gasteiger partial charge in [-0.3, -0.25) is 0 Å². The van der Waals surface area contributed by atoms with Gasteiger partial charge in [-0.05, 0) is 6.92 Å². The monoisotopic (exact) mass is 202 g/mol. The molecule has 0 aliphatic rings. The lowest BCUT2D eigenvalue weighted by Gasteiger charge is -1.96. The van der Waals surface area contributed by atoms with E-state index in [1.807, 2.05) is 11.5 Å². The molecule has 0 spiro atoms. The molecule has 0 amide bonds. The Morgan fingerprint density at radius 3 is 2.62 bits per heavy atom. The van der Waals surface area contributed by atoms with E-state index in [2.05, 4.69) is 4.98 Å². The summed E-state index contributed by atoms with van der Waals surface area (Å²) in [6, 6.07) is 0. The summed E-state index contributed by atoms with van der Waals surface area (Å²) in [5.41, 5.74) is 0.628. The molecule has 1 aromatic rings. The van der Waals surface area contributed by atoms with Crippen molar-refractivity contribution >= 4 is 9.84 Å². The normalized spacial score (nSPS) is 11.8. The molecule has 0 aromatic carbocycles. The Hall–Kier alpha value is -0.840. The predicted octanol–water partition coefficient (Wildman–Crippen LogP) is 0.838. The highest BCUT2D eigenvalue weighted by atomic mass is 32.2. The summed E-state index contributed by atoms with van der Waals surface area (Å²) in [6.07, 6.45) is 3.42. The Morgan fingerprint density at radius 1 is 1.46 bits per heavy atom. The first kappa shape index (κ1) is 10.2. The highest BCUT2D eigenvalue weighted by Crippen LogP contribution is 2.03. The number of hydrogen-bond donors (Lipinski definition) is 0. The first-order valence-corrected chi connectivity index (χ1v) is 6.10. The average molecular weight is 202 g/mol. The predicted molar refractivity (Wildman–Crippen MR) is 51.1 cm³/mol. The zero-order valence-corrected chi connectivity index (χ0v) is 8.71. The van der Waals surface area contributed by atoms with Crippen molar-refractivity contribution in [2.45, 2.75) is 26.1 Å². The van der Waals surface area contributed by atoms with Crippen LogP contribution < -0.4 is 0 Å². The maximum atomic E-state index is 11.2. The van der Waals surface area contributed by atoms with Crippen LogP contribution in [0.25, 0.3) is 0 Å². The summed E-state index contributed by atoms with van der Waals surface area (Å²) >= 11 is 0. The Kier molecular flexibility index (Phi) is 3.08. The Labute approximate surface area is 78.5 Å². The van der Waals surface area contributed by atoms with Gasteiger partial charge in [-0.2, -0.15) is 0 Å². The zero-order valence-electron chi connectivity index (χ0n) is 7.90. The lowest BCUT2D eigenvalue weighted by atomic mass is 10.5. The van der Waals surface area contributed by atoms with Gasteiger partial charge < -0.3 is 4.57 Å². The van der Waals surface area contributed by atoms with Crippen molar-refractivity contribution in [3.63, 3.8) is 0 Å². The van der Waals surface area contributed by atoms with Crippen molar-refractivity contribution in [2.75, 3.05) is 5.75 Å². The third-order valence-electron chi connectivity index (χ3n) is 1.86. The number of imidazole rings is 1. The molecule has 1 rings (SSSR count). The first-order chi connectivity index (χ1) is 6.07. The molecular formula is C8H14N2O2S. The summed E-state index contributed by atoms with van der Waals surface area (Å²) in [6.45, 7) is 4.45. The molecule has 0 N–H and O–H groups in total. The van der Waals surface area contributed by atoms with Crippen molar-refractivity contribution in [3.8, 4) is 0 Å². The summed E-state index contributed by atoms with van der Waals surface area (Å²) in [5, 5.41) is 0. The first-order valence-electron chi connectivity index (χ1n) is 4.28.